The molecule has 1 aromatic rings. The van der Waals surface area contributed by atoms with E-state index in [1.807, 2.05) is 0 Å². The molecule has 0 aliphatic carbocycles. The number of nitrogens with one attached hydrogen (secondary N) is 2. The molecule has 5 nitrogen and oxygen atoms in total. The van der Waals surface area contributed by atoms with E-state index in [0.717, 1.165) is 6.26 Å². The first-order valence-electron chi connectivity index (χ1n) is 6.58. The average molecular weight is 300 g/mol. The lowest BCUT2D eigenvalue weighted by atomic mass is 10.0. The molecular weight excluding hydrogens is 276 g/mol. The normalized spacial score (nSPS) is 14.1. The fourth-order valence-corrected chi connectivity index (χ4v) is 2.33. The quantitative estimate of drug-likeness (QED) is 0.749. The SMILES string of the molecule is CC(C)(C)NCCC(O)c1cccc(NS(C)(=O)=O)c1. The number of aliphatic hydroxyl groups excluding tert-OH is 1. The van der Waals surface area contributed by atoms with Crippen molar-refractivity contribution < 1.29 is 13.5 Å². The molecule has 0 spiro atoms. The van der Waals surface area contributed by atoms with Crippen LogP contribution in [0.3, 0.4) is 0 Å². The fourth-order valence-electron chi connectivity index (χ4n) is 1.77. The van der Waals surface area contributed by atoms with Crippen LogP contribution >= 0.6 is 0 Å². The smallest absolute Gasteiger partial charge is 0.229 e. The van der Waals surface area contributed by atoms with Crippen molar-refractivity contribution in [3.63, 3.8) is 0 Å². The molecule has 20 heavy (non-hydrogen) atoms. The molecule has 0 saturated heterocycles. The molecule has 0 aliphatic rings. The summed E-state index contributed by atoms with van der Waals surface area (Å²) in [5, 5.41) is 13.4. The predicted octanol–water partition coefficient (Wildman–Crippen LogP) is 1.87. The van der Waals surface area contributed by atoms with Gasteiger partial charge < -0.3 is 10.4 Å². The van der Waals surface area contributed by atoms with Crippen LogP contribution in [-0.2, 0) is 10.0 Å². The van der Waals surface area contributed by atoms with Crippen molar-refractivity contribution in [3.8, 4) is 0 Å². The first kappa shape index (κ1) is 16.9. The summed E-state index contributed by atoms with van der Waals surface area (Å²) in [4.78, 5) is 0. The highest BCUT2D eigenvalue weighted by Gasteiger charge is 2.12. The maximum Gasteiger partial charge on any atom is 0.229 e. The molecule has 0 radical (unpaired) electrons. The zero-order valence-corrected chi connectivity index (χ0v) is 13.3. The molecule has 0 saturated carbocycles. The van der Waals surface area contributed by atoms with Gasteiger partial charge in [0.1, 0.15) is 0 Å². The van der Waals surface area contributed by atoms with Gasteiger partial charge in [-0.05, 0) is 51.4 Å². The van der Waals surface area contributed by atoms with Crippen molar-refractivity contribution in [1.82, 2.24) is 5.32 Å². The second-order valence-electron chi connectivity index (χ2n) is 5.98. The van der Waals surface area contributed by atoms with E-state index in [-0.39, 0.29) is 5.54 Å². The van der Waals surface area contributed by atoms with Gasteiger partial charge in [-0.15, -0.1) is 0 Å². The molecular formula is C14H24N2O3S. The summed E-state index contributed by atoms with van der Waals surface area (Å²) >= 11 is 0. The number of sulfonamides is 1. The van der Waals surface area contributed by atoms with E-state index in [0.29, 0.717) is 24.2 Å². The number of rotatable bonds is 6. The molecule has 1 unspecified atom stereocenters. The Morgan fingerprint density at radius 1 is 1.30 bits per heavy atom. The number of benzene rings is 1. The molecule has 0 amide bonds. The number of anilines is 1. The van der Waals surface area contributed by atoms with Gasteiger partial charge >= 0.3 is 0 Å². The molecule has 0 aliphatic heterocycles. The minimum atomic E-state index is -3.30. The maximum absolute atomic E-state index is 11.2. The lowest BCUT2D eigenvalue weighted by Gasteiger charge is -2.21. The highest BCUT2D eigenvalue weighted by Crippen LogP contribution is 2.20. The minimum Gasteiger partial charge on any atom is -0.388 e. The molecule has 0 fully saturated rings. The maximum atomic E-state index is 11.2. The van der Waals surface area contributed by atoms with Gasteiger partial charge in [0.15, 0.2) is 0 Å². The van der Waals surface area contributed by atoms with Crippen LogP contribution in [0.4, 0.5) is 5.69 Å². The summed E-state index contributed by atoms with van der Waals surface area (Å²) in [6, 6.07) is 6.83. The molecule has 1 aromatic carbocycles. The van der Waals surface area contributed by atoms with Gasteiger partial charge in [-0.1, -0.05) is 12.1 Å². The van der Waals surface area contributed by atoms with Crippen LogP contribution in [0.5, 0.6) is 0 Å². The Morgan fingerprint density at radius 3 is 2.50 bits per heavy atom. The fraction of sp³-hybridized carbons (Fsp3) is 0.571. The number of hydrogen-bond donors (Lipinski definition) is 3. The Kier molecular flexibility index (Phi) is 5.56. The van der Waals surface area contributed by atoms with Crippen LogP contribution in [-0.4, -0.2) is 31.9 Å². The standard InChI is InChI=1S/C14H24N2O3S/c1-14(2,3)15-9-8-13(17)11-6-5-7-12(10-11)16-20(4,18)19/h5-7,10,13,15-17H,8-9H2,1-4H3. The van der Waals surface area contributed by atoms with Crippen LogP contribution in [0.1, 0.15) is 38.9 Å². The van der Waals surface area contributed by atoms with Gasteiger partial charge in [0.25, 0.3) is 0 Å². The first-order chi connectivity index (χ1) is 9.07. The molecule has 0 bridgehead atoms. The zero-order valence-electron chi connectivity index (χ0n) is 12.5. The largest absolute Gasteiger partial charge is 0.388 e. The van der Waals surface area contributed by atoms with Crippen molar-refractivity contribution in [1.29, 1.82) is 0 Å². The van der Waals surface area contributed by atoms with Crippen molar-refractivity contribution in [2.24, 2.45) is 0 Å². The lowest BCUT2D eigenvalue weighted by Crippen LogP contribution is -2.36. The molecule has 3 N–H and O–H groups in total. The Bertz CT molecular complexity index is 536. The van der Waals surface area contributed by atoms with Crippen molar-refractivity contribution >= 4 is 15.7 Å². The zero-order chi connectivity index (χ0) is 15.4. The van der Waals surface area contributed by atoms with Crippen LogP contribution in [0.25, 0.3) is 0 Å². The number of hydrogen-bond acceptors (Lipinski definition) is 4. The third kappa shape index (κ3) is 6.88. The summed E-state index contributed by atoms with van der Waals surface area (Å²) in [6.45, 7) is 6.89. The summed E-state index contributed by atoms with van der Waals surface area (Å²) < 4.78 is 24.8. The lowest BCUT2D eigenvalue weighted by molar-refractivity contribution is 0.163. The third-order valence-electron chi connectivity index (χ3n) is 2.65. The Balaban J connectivity index is 2.64. The predicted molar refractivity (Wildman–Crippen MR) is 82.2 cm³/mol. The van der Waals surface area contributed by atoms with Gasteiger partial charge in [0.2, 0.25) is 10.0 Å². The van der Waals surface area contributed by atoms with E-state index in [9.17, 15) is 13.5 Å². The van der Waals surface area contributed by atoms with E-state index in [1.165, 1.54) is 0 Å². The van der Waals surface area contributed by atoms with Crippen molar-refractivity contribution in [2.75, 3.05) is 17.5 Å². The molecule has 0 heterocycles. The summed E-state index contributed by atoms with van der Waals surface area (Å²) in [5.74, 6) is 0. The third-order valence-corrected chi connectivity index (χ3v) is 3.25. The van der Waals surface area contributed by atoms with Crippen LogP contribution < -0.4 is 10.0 Å². The van der Waals surface area contributed by atoms with Crippen molar-refractivity contribution in [2.45, 2.75) is 38.8 Å². The average Bonchev–Trinajstić information content (AvgIpc) is 2.25. The molecule has 0 aromatic heterocycles. The van der Waals surface area contributed by atoms with E-state index in [2.05, 4.69) is 30.8 Å². The van der Waals surface area contributed by atoms with Crippen LogP contribution in [0.15, 0.2) is 24.3 Å². The van der Waals surface area contributed by atoms with Gasteiger partial charge in [-0.2, -0.15) is 0 Å². The Labute approximate surface area is 121 Å². The van der Waals surface area contributed by atoms with Gasteiger partial charge in [-0.25, -0.2) is 8.42 Å². The summed E-state index contributed by atoms with van der Waals surface area (Å²) in [7, 11) is -3.30. The number of aliphatic hydroxyl groups is 1. The van der Waals surface area contributed by atoms with Crippen molar-refractivity contribution in [3.05, 3.63) is 29.8 Å². The topological polar surface area (TPSA) is 78.4 Å². The van der Waals surface area contributed by atoms with Crippen LogP contribution in [0.2, 0.25) is 0 Å². The van der Waals surface area contributed by atoms with Gasteiger partial charge in [-0.3, -0.25) is 4.72 Å². The van der Waals surface area contributed by atoms with E-state index < -0.39 is 16.1 Å². The highest BCUT2D eigenvalue weighted by molar-refractivity contribution is 7.92. The Morgan fingerprint density at radius 2 is 1.95 bits per heavy atom. The molecule has 1 atom stereocenters. The Hall–Kier alpha value is -1.11. The second-order valence-corrected chi connectivity index (χ2v) is 7.73. The molecule has 1 rings (SSSR count). The van der Waals surface area contributed by atoms with E-state index in [1.54, 1.807) is 24.3 Å². The van der Waals surface area contributed by atoms with E-state index >= 15 is 0 Å². The molecule has 114 valence electrons. The molecule has 6 heteroatoms. The van der Waals surface area contributed by atoms with Gasteiger partial charge in [0, 0.05) is 11.2 Å². The monoisotopic (exact) mass is 300 g/mol. The van der Waals surface area contributed by atoms with Crippen LogP contribution in [0, 0.1) is 0 Å². The van der Waals surface area contributed by atoms with E-state index in [4.69, 9.17) is 0 Å². The van der Waals surface area contributed by atoms with Gasteiger partial charge in [0.05, 0.1) is 12.4 Å². The minimum absolute atomic E-state index is 0.0133. The summed E-state index contributed by atoms with van der Waals surface area (Å²) in [5.41, 5.74) is 1.18. The highest BCUT2D eigenvalue weighted by atomic mass is 32.2. The second kappa shape index (κ2) is 6.56. The summed E-state index contributed by atoms with van der Waals surface area (Å²) in [6.07, 6.45) is 1.05. The first-order valence-corrected chi connectivity index (χ1v) is 8.47.